The molecule has 0 amide bonds. The maximum atomic E-state index is 12.9. The Morgan fingerprint density at radius 2 is 1.39 bits per heavy atom. The first kappa shape index (κ1) is 25.0. The summed E-state index contributed by atoms with van der Waals surface area (Å²) in [7, 11) is 0. The van der Waals surface area contributed by atoms with Gasteiger partial charge in [-0.05, 0) is 42.5 Å². The number of benzene rings is 2. The van der Waals surface area contributed by atoms with Gasteiger partial charge in [0.2, 0.25) is 0 Å². The summed E-state index contributed by atoms with van der Waals surface area (Å²) in [6.07, 6.45) is 12.2. The fourth-order valence-corrected chi connectivity index (χ4v) is 3.90. The number of esters is 1. The van der Waals surface area contributed by atoms with E-state index in [1.54, 1.807) is 6.07 Å². The minimum absolute atomic E-state index is 0.350. The predicted octanol–water partition coefficient (Wildman–Crippen LogP) is 8.33. The molecule has 1 atom stereocenters. The third kappa shape index (κ3) is 8.77. The van der Waals surface area contributed by atoms with Gasteiger partial charge in [-0.3, -0.25) is 0 Å². The molecule has 0 aliphatic carbocycles. The summed E-state index contributed by atoms with van der Waals surface area (Å²) < 4.78 is 11.8. The van der Waals surface area contributed by atoms with Gasteiger partial charge in [-0.1, -0.05) is 102 Å². The van der Waals surface area contributed by atoms with Gasteiger partial charge < -0.3 is 9.47 Å². The predicted molar refractivity (Wildman–Crippen MR) is 129 cm³/mol. The first-order valence-electron chi connectivity index (χ1n) is 12.2. The van der Waals surface area contributed by atoms with Crippen molar-refractivity contribution in [1.82, 2.24) is 0 Å². The first-order chi connectivity index (χ1) is 15.2. The van der Waals surface area contributed by atoms with Gasteiger partial charge in [-0.25, -0.2) is 4.79 Å². The van der Waals surface area contributed by atoms with E-state index in [4.69, 9.17) is 9.47 Å². The molecule has 31 heavy (non-hydrogen) atoms. The van der Waals surface area contributed by atoms with Gasteiger partial charge in [0.05, 0.1) is 6.61 Å². The number of ether oxygens (including phenoxy) is 2. The van der Waals surface area contributed by atoms with E-state index in [0.717, 1.165) is 24.8 Å². The summed E-state index contributed by atoms with van der Waals surface area (Å²) >= 11 is 0. The summed E-state index contributed by atoms with van der Waals surface area (Å²) in [6.45, 7) is 7.22. The molecule has 0 saturated carbocycles. The van der Waals surface area contributed by atoms with Crippen molar-refractivity contribution in [1.29, 1.82) is 0 Å². The number of para-hydroxylation sites is 2. The zero-order valence-electron chi connectivity index (χ0n) is 19.7. The molecule has 3 heteroatoms. The highest BCUT2D eigenvalue weighted by Gasteiger charge is 2.18. The highest BCUT2D eigenvalue weighted by molar-refractivity contribution is 5.94. The van der Waals surface area contributed by atoms with Crippen LogP contribution in [0.2, 0.25) is 0 Å². The van der Waals surface area contributed by atoms with E-state index in [-0.39, 0.29) is 5.97 Å². The summed E-state index contributed by atoms with van der Waals surface area (Å²) in [6, 6.07) is 15.2. The summed E-state index contributed by atoms with van der Waals surface area (Å²) in [5.74, 6) is 1.24. The molecule has 0 aliphatic heterocycles. The van der Waals surface area contributed by atoms with Crippen molar-refractivity contribution in [2.45, 2.75) is 90.9 Å². The molecule has 3 nitrogen and oxygen atoms in total. The second-order valence-corrected chi connectivity index (χ2v) is 8.44. The molecule has 1 unspecified atom stereocenters. The number of carbonyl (C=O) groups is 1. The van der Waals surface area contributed by atoms with Crippen molar-refractivity contribution < 1.29 is 14.3 Å². The van der Waals surface area contributed by atoms with Crippen molar-refractivity contribution in [2.75, 3.05) is 6.61 Å². The van der Waals surface area contributed by atoms with Crippen LogP contribution in [-0.4, -0.2) is 12.6 Å². The number of hydrogen-bond acceptors (Lipinski definition) is 3. The zero-order valence-corrected chi connectivity index (χ0v) is 19.7. The minimum atomic E-state index is -0.359. The van der Waals surface area contributed by atoms with Crippen LogP contribution in [0.4, 0.5) is 0 Å². The standard InChI is InChI=1S/C28H40O3/c1-4-6-7-8-9-10-11-16-22-30-26-20-14-13-19-25(26)28(29)31-27-21-15-12-18-24(27)23(3)17-5-2/h12-15,18-21,23H,4-11,16-17,22H2,1-3H3. The van der Waals surface area contributed by atoms with Crippen LogP contribution in [0, 0.1) is 0 Å². The maximum Gasteiger partial charge on any atom is 0.347 e. The van der Waals surface area contributed by atoms with Gasteiger partial charge in [-0.2, -0.15) is 0 Å². The van der Waals surface area contributed by atoms with E-state index in [1.165, 1.54) is 44.9 Å². The van der Waals surface area contributed by atoms with Gasteiger partial charge in [-0.15, -0.1) is 0 Å². The highest BCUT2D eigenvalue weighted by Crippen LogP contribution is 2.31. The lowest BCUT2D eigenvalue weighted by molar-refractivity contribution is 0.0728. The van der Waals surface area contributed by atoms with Gasteiger partial charge in [0.1, 0.15) is 17.1 Å². The molecule has 2 aromatic rings. The van der Waals surface area contributed by atoms with E-state index in [2.05, 4.69) is 20.8 Å². The number of rotatable bonds is 15. The minimum Gasteiger partial charge on any atom is -0.493 e. The third-order valence-electron chi connectivity index (χ3n) is 5.74. The molecule has 0 heterocycles. The molecular formula is C28H40O3. The molecule has 0 N–H and O–H groups in total. The normalized spacial score (nSPS) is 11.8. The number of unbranched alkanes of at least 4 members (excludes halogenated alkanes) is 7. The highest BCUT2D eigenvalue weighted by atomic mass is 16.5. The van der Waals surface area contributed by atoms with Crippen molar-refractivity contribution in [3.05, 3.63) is 59.7 Å². The van der Waals surface area contributed by atoms with E-state index >= 15 is 0 Å². The zero-order chi connectivity index (χ0) is 22.3. The van der Waals surface area contributed by atoms with Gasteiger partial charge >= 0.3 is 5.97 Å². The summed E-state index contributed by atoms with van der Waals surface area (Å²) in [5, 5.41) is 0. The quantitative estimate of drug-likeness (QED) is 0.164. The summed E-state index contributed by atoms with van der Waals surface area (Å²) in [4.78, 5) is 12.9. The van der Waals surface area contributed by atoms with Crippen LogP contribution in [0.3, 0.4) is 0 Å². The molecule has 2 aromatic carbocycles. The Morgan fingerprint density at radius 1 is 0.774 bits per heavy atom. The van der Waals surface area contributed by atoms with Gasteiger partial charge in [0.25, 0.3) is 0 Å². The Labute approximate surface area is 189 Å². The van der Waals surface area contributed by atoms with Crippen molar-refractivity contribution in [3.8, 4) is 11.5 Å². The summed E-state index contributed by atoms with van der Waals surface area (Å²) in [5.41, 5.74) is 1.56. The molecule has 170 valence electrons. The van der Waals surface area contributed by atoms with Crippen LogP contribution in [0.15, 0.2) is 48.5 Å². The molecule has 0 bridgehead atoms. The molecule has 0 fully saturated rings. The lowest BCUT2D eigenvalue weighted by Gasteiger charge is -2.16. The average Bonchev–Trinajstić information content (AvgIpc) is 2.78. The van der Waals surface area contributed by atoms with Crippen molar-refractivity contribution in [3.63, 3.8) is 0 Å². The Kier molecular flexibility index (Phi) is 11.8. The SMILES string of the molecule is CCCCCCCCCCOc1ccccc1C(=O)Oc1ccccc1C(C)CCC. The smallest absolute Gasteiger partial charge is 0.347 e. The van der Waals surface area contributed by atoms with Gasteiger partial charge in [0.15, 0.2) is 0 Å². The molecule has 0 spiro atoms. The van der Waals surface area contributed by atoms with Crippen LogP contribution >= 0.6 is 0 Å². The fraction of sp³-hybridized carbons (Fsp3) is 0.536. The van der Waals surface area contributed by atoms with Crippen LogP contribution in [-0.2, 0) is 0 Å². The second kappa shape index (κ2) is 14.7. The molecule has 0 aromatic heterocycles. The Bertz CT molecular complexity index is 768. The monoisotopic (exact) mass is 424 g/mol. The molecule has 0 saturated heterocycles. The average molecular weight is 425 g/mol. The molecular weight excluding hydrogens is 384 g/mol. The first-order valence-corrected chi connectivity index (χ1v) is 12.2. The molecule has 2 rings (SSSR count). The van der Waals surface area contributed by atoms with Crippen molar-refractivity contribution >= 4 is 5.97 Å². The molecule has 0 aliphatic rings. The Morgan fingerprint density at radius 3 is 2.10 bits per heavy atom. The number of hydrogen-bond donors (Lipinski definition) is 0. The van der Waals surface area contributed by atoms with Crippen LogP contribution in [0.5, 0.6) is 11.5 Å². The van der Waals surface area contributed by atoms with Crippen LogP contribution < -0.4 is 9.47 Å². The fourth-order valence-electron chi connectivity index (χ4n) is 3.90. The second-order valence-electron chi connectivity index (χ2n) is 8.44. The maximum absolute atomic E-state index is 12.9. The van der Waals surface area contributed by atoms with E-state index in [1.807, 2.05) is 42.5 Å². The van der Waals surface area contributed by atoms with E-state index < -0.39 is 0 Å². The van der Waals surface area contributed by atoms with E-state index in [9.17, 15) is 4.79 Å². The largest absolute Gasteiger partial charge is 0.493 e. The van der Waals surface area contributed by atoms with Crippen LogP contribution in [0.25, 0.3) is 0 Å². The van der Waals surface area contributed by atoms with E-state index in [0.29, 0.717) is 29.6 Å². The third-order valence-corrected chi connectivity index (χ3v) is 5.74. The lowest BCUT2D eigenvalue weighted by atomic mass is 9.96. The topological polar surface area (TPSA) is 35.5 Å². The van der Waals surface area contributed by atoms with Crippen LogP contribution in [0.1, 0.15) is 107 Å². The lowest BCUT2D eigenvalue weighted by Crippen LogP contribution is -2.13. The van der Waals surface area contributed by atoms with Crippen molar-refractivity contribution in [2.24, 2.45) is 0 Å². The van der Waals surface area contributed by atoms with Gasteiger partial charge in [0, 0.05) is 0 Å². The Balaban J connectivity index is 1.88. The Hall–Kier alpha value is -2.29. The molecule has 0 radical (unpaired) electrons. The number of carbonyl (C=O) groups excluding carboxylic acids is 1.